The summed E-state index contributed by atoms with van der Waals surface area (Å²) in [6.45, 7) is 4.17. The first-order valence-electron chi connectivity index (χ1n) is 9.25. The van der Waals surface area contributed by atoms with Crippen LogP contribution in [0.4, 0.5) is 0 Å². The number of aromatic amines is 1. The normalized spacial score (nSPS) is 11.6. The molecular formula is C21H25N3O3S. The van der Waals surface area contributed by atoms with Crippen molar-refractivity contribution in [1.29, 1.82) is 0 Å². The Labute approximate surface area is 165 Å². The zero-order valence-electron chi connectivity index (χ0n) is 16.1. The van der Waals surface area contributed by atoms with Crippen molar-refractivity contribution >= 4 is 26.8 Å². The summed E-state index contributed by atoms with van der Waals surface area (Å²) in [5, 5.41) is 4.00. The summed E-state index contributed by atoms with van der Waals surface area (Å²) in [5.74, 6) is -0.177. The molecule has 2 aromatic carbocycles. The molecule has 1 aromatic heterocycles. The highest BCUT2D eigenvalue weighted by Crippen LogP contribution is 2.18. The number of hydrogen-bond acceptors (Lipinski definition) is 3. The van der Waals surface area contributed by atoms with E-state index in [1.54, 1.807) is 19.1 Å². The average Bonchev–Trinajstić information content (AvgIpc) is 3.07. The van der Waals surface area contributed by atoms with E-state index in [-0.39, 0.29) is 23.8 Å². The van der Waals surface area contributed by atoms with Crippen LogP contribution in [0.15, 0.2) is 53.6 Å². The van der Waals surface area contributed by atoms with Crippen molar-refractivity contribution in [2.45, 2.75) is 31.6 Å². The van der Waals surface area contributed by atoms with Gasteiger partial charge in [-0.15, -0.1) is 0 Å². The van der Waals surface area contributed by atoms with Crippen LogP contribution in [0.3, 0.4) is 0 Å². The van der Waals surface area contributed by atoms with Gasteiger partial charge in [0.05, 0.1) is 4.90 Å². The topological polar surface area (TPSA) is 91.1 Å². The number of nitrogens with one attached hydrogen (secondary N) is 3. The van der Waals surface area contributed by atoms with Gasteiger partial charge in [0.15, 0.2) is 0 Å². The third kappa shape index (κ3) is 4.79. The predicted molar refractivity (Wildman–Crippen MR) is 111 cm³/mol. The van der Waals surface area contributed by atoms with Crippen LogP contribution in [0.25, 0.3) is 10.9 Å². The quantitative estimate of drug-likeness (QED) is 0.544. The average molecular weight is 400 g/mol. The molecule has 0 aliphatic carbocycles. The molecule has 148 valence electrons. The Kier molecular flexibility index (Phi) is 6.16. The Morgan fingerprint density at radius 2 is 1.86 bits per heavy atom. The Morgan fingerprint density at radius 1 is 1.07 bits per heavy atom. The minimum atomic E-state index is -3.62. The Hall–Kier alpha value is -2.64. The van der Waals surface area contributed by atoms with E-state index in [0.717, 1.165) is 22.0 Å². The van der Waals surface area contributed by atoms with Crippen LogP contribution < -0.4 is 10.0 Å². The summed E-state index contributed by atoms with van der Waals surface area (Å²) in [7, 11) is -3.62. The van der Waals surface area contributed by atoms with Gasteiger partial charge in [-0.3, -0.25) is 4.79 Å². The number of rotatable bonds is 8. The van der Waals surface area contributed by atoms with Crippen LogP contribution in [-0.2, 0) is 21.2 Å². The van der Waals surface area contributed by atoms with E-state index in [2.05, 4.69) is 15.0 Å². The van der Waals surface area contributed by atoms with Gasteiger partial charge in [0, 0.05) is 36.6 Å². The lowest BCUT2D eigenvalue weighted by atomic mass is 10.1. The fourth-order valence-electron chi connectivity index (χ4n) is 3.14. The number of sulfonamides is 1. The summed E-state index contributed by atoms with van der Waals surface area (Å²) < 4.78 is 27.4. The van der Waals surface area contributed by atoms with Crippen LogP contribution in [0.1, 0.15) is 23.1 Å². The molecule has 3 N–H and O–H groups in total. The number of aromatic nitrogens is 1. The molecule has 6 nitrogen and oxygen atoms in total. The van der Waals surface area contributed by atoms with Crippen molar-refractivity contribution in [2.24, 2.45) is 0 Å². The second-order valence-corrected chi connectivity index (χ2v) is 8.61. The van der Waals surface area contributed by atoms with E-state index in [1.807, 2.05) is 43.5 Å². The van der Waals surface area contributed by atoms with Gasteiger partial charge >= 0.3 is 0 Å². The molecule has 0 saturated heterocycles. The Morgan fingerprint density at radius 3 is 2.68 bits per heavy atom. The summed E-state index contributed by atoms with van der Waals surface area (Å²) in [5.41, 5.74) is 3.78. The molecule has 0 saturated carbocycles. The maximum Gasteiger partial charge on any atom is 0.240 e. The predicted octanol–water partition coefficient (Wildman–Crippen LogP) is 2.81. The van der Waals surface area contributed by atoms with Crippen molar-refractivity contribution in [3.05, 3.63) is 65.4 Å². The molecule has 0 aliphatic rings. The SMILES string of the molecule is Cc1ccc(C)c(S(=O)(=O)NCCC(=O)NCCc2c[nH]c3ccccc23)c1. The number of H-pyrrole nitrogens is 1. The first-order valence-corrected chi connectivity index (χ1v) is 10.7. The van der Waals surface area contributed by atoms with Gasteiger partial charge in [-0.25, -0.2) is 13.1 Å². The molecule has 28 heavy (non-hydrogen) atoms. The van der Waals surface area contributed by atoms with E-state index < -0.39 is 10.0 Å². The van der Waals surface area contributed by atoms with Crippen molar-refractivity contribution in [3.8, 4) is 0 Å². The second-order valence-electron chi connectivity index (χ2n) is 6.88. The summed E-state index contributed by atoms with van der Waals surface area (Å²) in [6, 6.07) is 13.3. The molecule has 7 heteroatoms. The van der Waals surface area contributed by atoms with Crippen LogP contribution in [-0.4, -0.2) is 32.4 Å². The van der Waals surface area contributed by atoms with E-state index in [0.29, 0.717) is 18.5 Å². The number of benzene rings is 2. The van der Waals surface area contributed by atoms with E-state index in [9.17, 15) is 13.2 Å². The fraction of sp³-hybridized carbons (Fsp3) is 0.286. The van der Waals surface area contributed by atoms with Gasteiger partial charge in [-0.05, 0) is 49.1 Å². The minimum absolute atomic E-state index is 0.0641. The maximum absolute atomic E-state index is 12.4. The van der Waals surface area contributed by atoms with Crippen molar-refractivity contribution in [1.82, 2.24) is 15.0 Å². The number of carbonyl (C=O) groups is 1. The van der Waals surface area contributed by atoms with Crippen LogP contribution in [0, 0.1) is 13.8 Å². The Bertz CT molecular complexity index is 1090. The number of para-hydroxylation sites is 1. The molecule has 0 bridgehead atoms. The van der Waals surface area contributed by atoms with Crippen molar-refractivity contribution < 1.29 is 13.2 Å². The molecule has 0 radical (unpaired) electrons. The van der Waals surface area contributed by atoms with E-state index in [4.69, 9.17) is 0 Å². The highest BCUT2D eigenvalue weighted by Gasteiger charge is 2.17. The van der Waals surface area contributed by atoms with E-state index in [1.165, 1.54) is 0 Å². The smallest absolute Gasteiger partial charge is 0.240 e. The third-order valence-electron chi connectivity index (χ3n) is 4.67. The summed E-state index contributed by atoms with van der Waals surface area (Å²) in [4.78, 5) is 15.5. The lowest BCUT2D eigenvalue weighted by Gasteiger charge is -2.10. The molecule has 1 amide bonds. The van der Waals surface area contributed by atoms with Gasteiger partial charge in [0.25, 0.3) is 0 Å². The highest BCUT2D eigenvalue weighted by atomic mass is 32.2. The van der Waals surface area contributed by atoms with Gasteiger partial charge in [0.2, 0.25) is 15.9 Å². The van der Waals surface area contributed by atoms with Gasteiger partial charge < -0.3 is 10.3 Å². The van der Waals surface area contributed by atoms with Crippen molar-refractivity contribution in [3.63, 3.8) is 0 Å². The molecular weight excluding hydrogens is 374 g/mol. The van der Waals surface area contributed by atoms with Crippen LogP contribution in [0.5, 0.6) is 0 Å². The number of fused-ring (bicyclic) bond motifs is 1. The van der Waals surface area contributed by atoms with Crippen molar-refractivity contribution in [2.75, 3.05) is 13.1 Å². The molecule has 3 rings (SSSR count). The highest BCUT2D eigenvalue weighted by molar-refractivity contribution is 7.89. The van der Waals surface area contributed by atoms with Gasteiger partial charge in [-0.2, -0.15) is 0 Å². The molecule has 3 aromatic rings. The molecule has 0 spiro atoms. The summed E-state index contributed by atoms with van der Waals surface area (Å²) >= 11 is 0. The fourth-order valence-corrected chi connectivity index (χ4v) is 4.50. The zero-order chi connectivity index (χ0) is 20.1. The van der Waals surface area contributed by atoms with Gasteiger partial charge in [-0.1, -0.05) is 30.3 Å². The molecule has 0 unspecified atom stereocenters. The standard InChI is InChI=1S/C21H25N3O3S/c1-15-7-8-16(2)20(13-15)28(26,27)24-12-10-21(25)22-11-9-17-14-23-19-6-4-3-5-18(17)19/h3-8,13-14,23-24H,9-12H2,1-2H3,(H,22,25). The molecule has 0 aliphatic heterocycles. The van der Waals surface area contributed by atoms with Gasteiger partial charge in [0.1, 0.15) is 0 Å². The Balaban J connectivity index is 1.46. The number of aryl methyl sites for hydroxylation is 2. The lowest BCUT2D eigenvalue weighted by molar-refractivity contribution is -0.120. The minimum Gasteiger partial charge on any atom is -0.361 e. The van der Waals surface area contributed by atoms with E-state index >= 15 is 0 Å². The zero-order valence-corrected chi connectivity index (χ0v) is 16.9. The first-order chi connectivity index (χ1) is 13.4. The molecule has 0 fully saturated rings. The number of carbonyl (C=O) groups excluding carboxylic acids is 1. The number of amides is 1. The number of hydrogen-bond donors (Lipinski definition) is 3. The first kappa shape index (κ1) is 20.1. The largest absolute Gasteiger partial charge is 0.361 e. The monoisotopic (exact) mass is 399 g/mol. The summed E-state index contributed by atoms with van der Waals surface area (Å²) in [6.07, 6.45) is 2.76. The molecule has 1 heterocycles. The maximum atomic E-state index is 12.4. The van der Waals surface area contributed by atoms with Crippen LogP contribution >= 0.6 is 0 Å². The second kappa shape index (κ2) is 8.58. The third-order valence-corrected chi connectivity index (χ3v) is 6.27. The molecule has 0 atom stereocenters. The lowest BCUT2D eigenvalue weighted by Crippen LogP contribution is -2.32. The van der Waals surface area contributed by atoms with Crippen LogP contribution in [0.2, 0.25) is 0 Å².